The summed E-state index contributed by atoms with van der Waals surface area (Å²) >= 11 is 0. The average molecular weight is 684 g/mol. The lowest BCUT2D eigenvalue weighted by molar-refractivity contribution is -0.951. The van der Waals surface area contributed by atoms with Gasteiger partial charge in [0, 0.05) is 30.7 Å². The van der Waals surface area contributed by atoms with Gasteiger partial charge in [-0.15, -0.1) is 0 Å². The second kappa shape index (κ2) is 9.55. The van der Waals surface area contributed by atoms with E-state index in [1.54, 1.807) is 0 Å². The Kier molecular flexibility index (Phi) is 7.08. The highest BCUT2D eigenvalue weighted by Crippen LogP contribution is 2.69. The van der Waals surface area contributed by atoms with Crippen LogP contribution in [0.5, 0.6) is 11.5 Å². The largest absolute Gasteiger partial charge is 1.00 e. The number of likely N-dealkylation sites (N-methyl/N-ethyl adjacent to an activating group) is 1. The van der Waals surface area contributed by atoms with Gasteiger partial charge in [-0.25, -0.2) is 0 Å². The molecule has 5 atom stereocenters. The van der Waals surface area contributed by atoms with Crippen LogP contribution in [0.25, 0.3) is 0 Å². The molecule has 224 valence electrons. The molecule has 3 aliphatic heterocycles. The normalized spacial score (nSPS) is 37.1. The zero-order valence-corrected chi connectivity index (χ0v) is 28.8. The number of rotatable bonds is 7. The Bertz CT molecular complexity index is 1140. The monoisotopic (exact) mass is 683 g/mol. The van der Waals surface area contributed by atoms with Gasteiger partial charge < -0.3 is 52.2 Å². The molecule has 40 heavy (non-hydrogen) atoms. The van der Waals surface area contributed by atoms with Crippen molar-refractivity contribution in [2.75, 3.05) is 33.4 Å². The molecule has 3 heterocycles. The topological polar surface area (TPSA) is 57.2 Å². The summed E-state index contributed by atoms with van der Waals surface area (Å²) in [5.41, 5.74) is 2.58. The van der Waals surface area contributed by atoms with E-state index in [2.05, 4.69) is 60.7 Å². The van der Waals surface area contributed by atoms with Crippen molar-refractivity contribution in [1.82, 2.24) is 0 Å². The van der Waals surface area contributed by atoms with Crippen molar-refractivity contribution in [1.29, 1.82) is 0 Å². The Labute approximate surface area is 259 Å². The van der Waals surface area contributed by atoms with E-state index >= 15 is 0 Å². The van der Waals surface area contributed by atoms with Gasteiger partial charge in [0.25, 0.3) is 8.32 Å². The second-order valence-corrected chi connectivity index (χ2v) is 20.4. The molecule has 2 saturated heterocycles. The highest BCUT2D eigenvalue weighted by molar-refractivity contribution is 6.78. The summed E-state index contributed by atoms with van der Waals surface area (Å²) in [7, 11) is 0.208. The minimum absolute atomic E-state index is 0. The highest BCUT2D eigenvalue weighted by atomic mass is 127. The van der Waals surface area contributed by atoms with Crippen LogP contribution in [0.15, 0.2) is 12.1 Å². The Balaban J connectivity index is 0.00000289. The van der Waals surface area contributed by atoms with E-state index in [0.717, 1.165) is 41.3 Å². The predicted octanol–water partition coefficient (Wildman–Crippen LogP) is 2.70. The first-order valence-electron chi connectivity index (χ1n) is 15.8. The third-order valence-electron chi connectivity index (χ3n) is 12.2. The number of likely N-dealkylation sites (tertiary alicyclic amines) is 1. The Hall–Kier alpha value is -0.393. The van der Waals surface area contributed by atoms with Crippen molar-refractivity contribution >= 4 is 8.32 Å². The van der Waals surface area contributed by atoms with E-state index in [1.807, 2.05) is 0 Å². The number of benzene rings is 1. The Morgan fingerprint density at radius 3 is 2.25 bits per heavy atom. The van der Waals surface area contributed by atoms with Gasteiger partial charge in [0.2, 0.25) is 5.79 Å². The molecule has 4 fully saturated rings. The van der Waals surface area contributed by atoms with Gasteiger partial charge in [0.1, 0.15) is 17.4 Å². The molecule has 0 aromatic heterocycles. The number of piperidine rings is 1. The molecule has 6 nitrogen and oxygen atoms in total. The zero-order chi connectivity index (χ0) is 27.6. The van der Waals surface area contributed by atoms with Gasteiger partial charge >= 0.3 is 0 Å². The number of halogens is 1. The molecule has 0 radical (unpaired) electrons. The number of fused-ring (bicyclic) bond motifs is 1. The van der Waals surface area contributed by atoms with Crippen molar-refractivity contribution in [3.63, 3.8) is 0 Å². The minimum Gasteiger partial charge on any atom is -1.00 e. The van der Waals surface area contributed by atoms with Crippen molar-refractivity contribution in [3.8, 4) is 11.5 Å². The van der Waals surface area contributed by atoms with Crippen LogP contribution in [0, 0.1) is 5.92 Å². The van der Waals surface area contributed by atoms with E-state index in [0.29, 0.717) is 42.7 Å². The maximum atomic E-state index is 13.1. The first-order valence-corrected chi connectivity index (χ1v) is 17.9. The van der Waals surface area contributed by atoms with Gasteiger partial charge in [-0.2, -0.15) is 0 Å². The van der Waals surface area contributed by atoms with E-state index in [1.165, 1.54) is 30.5 Å². The molecule has 0 amide bonds. The number of hydrogen-bond acceptors (Lipinski definition) is 5. The zero-order valence-electron chi connectivity index (χ0n) is 25.6. The van der Waals surface area contributed by atoms with Crippen LogP contribution in [0.2, 0.25) is 16.6 Å². The Morgan fingerprint density at radius 2 is 1.65 bits per heavy atom. The molecule has 3 aliphatic carbocycles. The molecular weight excluding hydrogens is 633 g/mol. The van der Waals surface area contributed by atoms with Gasteiger partial charge in [-0.1, -0.05) is 47.6 Å². The van der Waals surface area contributed by atoms with Gasteiger partial charge in [0.05, 0.1) is 38.8 Å². The first-order chi connectivity index (χ1) is 18.4. The number of quaternary nitrogens is 1. The van der Waals surface area contributed by atoms with Crippen molar-refractivity contribution in [2.45, 2.75) is 126 Å². The summed E-state index contributed by atoms with van der Waals surface area (Å²) in [5, 5.41) is 13.1. The lowest BCUT2D eigenvalue weighted by atomic mass is 9.47. The van der Waals surface area contributed by atoms with E-state index in [-0.39, 0.29) is 36.1 Å². The van der Waals surface area contributed by atoms with Crippen LogP contribution in [-0.2, 0) is 21.3 Å². The summed E-state index contributed by atoms with van der Waals surface area (Å²) in [6.45, 7) is 17.4. The van der Waals surface area contributed by atoms with Crippen molar-refractivity contribution in [2.24, 2.45) is 5.92 Å². The first kappa shape index (κ1) is 29.7. The summed E-state index contributed by atoms with van der Waals surface area (Å²) in [6.07, 6.45) is 5.50. The molecule has 8 heteroatoms. The Morgan fingerprint density at radius 1 is 1.00 bits per heavy atom. The molecule has 1 aromatic rings. The van der Waals surface area contributed by atoms with Crippen LogP contribution in [0.3, 0.4) is 0 Å². The number of ether oxygens (including phenoxy) is 3. The molecule has 2 spiro atoms. The summed E-state index contributed by atoms with van der Waals surface area (Å²) in [6, 6.07) is 4.68. The summed E-state index contributed by atoms with van der Waals surface area (Å²) in [5.74, 6) is 1.79. The van der Waals surface area contributed by atoms with Crippen LogP contribution >= 0.6 is 0 Å². The molecule has 1 aromatic carbocycles. The van der Waals surface area contributed by atoms with E-state index in [9.17, 15) is 5.11 Å². The summed E-state index contributed by atoms with van der Waals surface area (Å²) < 4.78 is 28.3. The number of nitrogens with zero attached hydrogens (tertiary/aromatic N) is 1. The minimum atomic E-state index is -2.21. The van der Waals surface area contributed by atoms with Gasteiger partial charge in [-0.05, 0) is 47.5 Å². The maximum Gasteiger partial charge on any atom is 0.258 e. The second-order valence-electron chi connectivity index (χ2n) is 15.0. The molecule has 2 saturated carbocycles. The third kappa shape index (κ3) is 3.64. The van der Waals surface area contributed by atoms with Crippen molar-refractivity contribution in [3.05, 3.63) is 23.3 Å². The fourth-order valence-electron chi connectivity index (χ4n) is 10.5. The van der Waals surface area contributed by atoms with Crippen LogP contribution in [0.1, 0.15) is 84.8 Å². The van der Waals surface area contributed by atoms with Crippen LogP contribution < -0.4 is 33.1 Å². The summed E-state index contributed by atoms with van der Waals surface area (Å²) in [4.78, 5) is 0. The number of aliphatic hydroxyl groups is 1. The smallest absolute Gasteiger partial charge is 0.258 e. The van der Waals surface area contributed by atoms with E-state index in [4.69, 9.17) is 18.6 Å². The molecule has 2 bridgehead atoms. The SMILES string of the molecule is CC(C)[Si](Oc1ccc2c3c1OC1C4(CC[C@@]5(O)C(C2)[N@@+](C)(CC2CC2)CCC315)OCCO4)(C(C)C)C(C)C.[I-]. The lowest BCUT2D eigenvalue weighted by Gasteiger charge is -2.66. The van der Waals surface area contributed by atoms with Crippen molar-refractivity contribution < 1.29 is 52.2 Å². The van der Waals surface area contributed by atoms with Crippen LogP contribution in [0.4, 0.5) is 0 Å². The predicted molar refractivity (Wildman–Crippen MR) is 154 cm³/mol. The molecule has 6 aliphatic rings. The van der Waals surface area contributed by atoms with E-state index < -0.39 is 25.1 Å². The highest BCUT2D eigenvalue weighted by Gasteiger charge is 2.80. The van der Waals surface area contributed by atoms with Gasteiger partial charge in [0.15, 0.2) is 11.9 Å². The average Bonchev–Trinajstić information content (AvgIpc) is 3.41. The molecule has 1 N–H and O–H groups in total. The third-order valence-corrected chi connectivity index (χ3v) is 18.2. The fraction of sp³-hybridized carbons (Fsp3) is 0.812. The maximum absolute atomic E-state index is 13.1. The lowest BCUT2D eigenvalue weighted by Crippen LogP contribution is -3.00. The quantitative estimate of drug-likeness (QED) is 0.273. The molecular formula is C32H50INO5Si. The fourth-order valence-corrected chi connectivity index (χ4v) is 15.7. The molecule has 3 unspecified atom stereocenters. The van der Waals surface area contributed by atoms with Gasteiger partial charge in [-0.3, -0.25) is 0 Å². The standard InChI is InChI=1S/C32H50NO5Si.HI/c1-20(2)39(21(3)4,22(5)6)38-25-11-10-24-18-26-31(34)12-13-32(35-16-17-36-32)29-30(31,27(24)28(25)37-29)14-15-33(26,7)19-23-8-9-23;/h10-11,20-23,26,29,34H,8-9,12-19H2,1-7H3;1H/q+1;/p-1/t26?,29?,30?,31-,33-;/m1./s1. The molecule has 7 rings (SSSR count). The number of hydrogen-bond donors (Lipinski definition) is 1. The van der Waals surface area contributed by atoms with Crippen LogP contribution in [-0.4, -0.2) is 74.8 Å².